The SMILES string of the molecule is CC(C)COC(=O)NC(C(=O)NC(CC1CC1)C(=O)NC(CC1CC1)C(=O)C(=O)NCC(=O)NC(C(N)=O)c1ccccc1)C1CCCCC1. The van der Waals surface area contributed by atoms with Gasteiger partial charge in [0.25, 0.3) is 5.91 Å². The van der Waals surface area contributed by atoms with Crippen LogP contribution in [-0.2, 0) is 33.5 Å². The highest BCUT2D eigenvalue weighted by atomic mass is 16.5. The third-order valence-electron chi connectivity index (χ3n) is 9.38. The number of carbonyl (C=O) groups excluding carboxylic acids is 7. The Bertz CT molecular complexity index is 1370. The average molecular weight is 697 g/mol. The molecule has 3 aliphatic rings. The third kappa shape index (κ3) is 12.4. The van der Waals surface area contributed by atoms with Gasteiger partial charge in [-0.15, -0.1) is 0 Å². The molecule has 50 heavy (non-hydrogen) atoms. The fourth-order valence-electron chi connectivity index (χ4n) is 6.23. The van der Waals surface area contributed by atoms with Crippen molar-refractivity contribution < 1.29 is 38.3 Å². The summed E-state index contributed by atoms with van der Waals surface area (Å²) in [6.45, 7) is 3.43. The van der Waals surface area contributed by atoms with Gasteiger partial charge in [-0.05, 0) is 54.9 Å². The molecule has 0 heterocycles. The van der Waals surface area contributed by atoms with Gasteiger partial charge in [0.05, 0.1) is 19.2 Å². The molecular weight excluding hydrogens is 644 g/mol. The third-order valence-corrected chi connectivity index (χ3v) is 9.38. The highest BCUT2D eigenvalue weighted by Gasteiger charge is 2.39. The lowest BCUT2D eigenvalue weighted by molar-refractivity contribution is -0.141. The maximum Gasteiger partial charge on any atom is 0.407 e. The van der Waals surface area contributed by atoms with Crippen LogP contribution in [0.3, 0.4) is 0 Å². The van der Waals surface area contributed by atoms with Gasteiger partial charge < -0.3 is 37.1 Å². The summed E-state index contributed by atoms with van der Waals surface area (Å²) in [4.78, 5) is 91.0. The van der Waals surface area contributed by atoms with Crippen molar-refractivity contribution in [3.05, 3.63) is 35.9 Å². The van der Waals surface area contributed by atoms with E-state index in [0.717, 1.165) is 57.8 Å². The van der Waals surface area contributed by atoms with Gasteiger partial charge in [0.1, 0.15) is 18.1 Å². The first kappa shape index (κ1) is 38.3. The lowest BCUT2D eigenvalue weighted by Gasteiger charge is -2.31. The molecule has 4 unspecified atom stereocenters. The summed E-state index contributed by atoms with van der Waals surface area (Å²) in [7, 11) is 0. The van der Waals surface area contributed by atoms with Gasteiger partial charge in [-0.25, -0.2) is 4.79 Å². The number of hydrogen-bond acceptors (Lipinski definition) is 8. The summed E-state index contributed by atoms with van der Waals surface area (Å²) in [5.74, 6) is -4.21. The molecule has 3 fully saturated rings. The maximum atomic E-state index is 13.7. The predicted octanol–water partition coefficient (Wildman–Crippen LogP) is 1.92. The van der Waals surface area contributed by atoms with Crippen molar-refractivity contribution >= 4 is 41.4 Å². The highest BCUT2D eigenvalue weighted by Crippen LogP contribution is 2.35. The highest BCUT2D eigenvalue weighted by molar-refractivity contribution is 6.38. The van der Waals surface area contributed by atoms with Crippen LogP contribution in [0.15, 0.2) is 30.3 Å². The van der Waals surface area contributed by atoms with Crippen molar-refractivity contribution in [1.29, 1.82) is 0 Å². The first-order valence-electron chi connectivity index (χ1n) is 17.9. The molecule has 14 heteroatoms. The molecule has 0 bridgehead atoms. The molecule has 0 aromatic heterocycles. The van der Waals surface area contributed by atoms with Gasteiger partial charge in [-0.3, -0.25) is 28.8 Å². The Labute approximate surface area is 293 Å². The van der Waals surface area contributed by atoms with E-state index in [0.29, 0.717) is 12.0 Å². The summed E-state index contributed by atoms with van der Waals surface area (Å²) in [5.41, 5.74) is 5.92. The number of rotatable bonds is 19. The fraction of sp³-hybridized carbons (Fsp3) is 0.639. The number of hydrogen-bond donors (Lipinski definition) is 6. The second-order valence-electron chi connectivity index (χ2n) is 14.4. The molecule has 7 N–H and O–H groups in total. The molecule has 0 aliphatic heterocycles. The number of ether oxygens (including phenoxy) is 1. The number of alkyl carbamates (subject to hydrolysis) is 1. The summed E-state index contributed by atoms with van der Waals surface area (Å²) >= 11 is 0. The van der Waals surface area contributed by atoms with E-state index in [2.05, 4.69) is 26.6 Å². The van der Waals surface area contributed by atoms with Crippen molar-refractivity contribution in [1.82, 2.24) is 26.6 Å². The van der Waals surface area contributed by atoms with Crippen molar-refractivity contribution in [2.24, 2.45) is 29.4 Å². The molecule has 1 aromatic rings. The molecule has 0 spiro atoms. The van der Waals surface area contributed by atoms with Gasteiger partial charge >= 0.3 is 6.09 Å². The number of carbonyl (C=O) groups is 7. The quantitative estimate of drug-likeness (QED) is 0.117. The van der Waals surface area contributed by atoms with Gasteiger partial charge in [0, 0.05) is 0 Å². The zero-order valence-corrected chi connectivity index (χ0v) is 29.0. The second kappa shape index (κ2) is 18.5. The van der Waals surface area contributed by atoms with Crippen LogP contribution in [-0.4, -0.2) is 72.7 Å². The van der Waals surface area contributed by atoms with Crippen LogP contribution in [0.25, 0.3) is 0 Å². The van der Waals surface area contributed by atoms with E-state index in [1.54, 1.807) is 30.3 Å². The molecular formula is C36H52N6O8. The second-order valence-corrected chi connectivity index (χ2v) is 14.4. The lowest BCUT2D eigenvalue weighted by atomic mass is 9.83. The first-order chi connectivity index (χ1) is 23.9. The Morgan fingerprint density at radius 2 is 1.36 bits per heavy atom. The Hall–Kier alpha value is -4.49. The van der Waals surface area contributed by atoms with Crippen LogP contribution in [0.4, 0.5) is 4.79 Å². The van der Waals surface area contributed by atoms with Gasteiger partial charge in [-0.2, -0.15) is 0 Å². The van der Waals surface area contributed by atoms with Crippen LogP contribution in [0.2, 0.25) is 0 Å². The van der Waals surface area contributed by atoms with E-state index < -0.39 is 72.1 Å². The largest absolute Gasteiger partial charge is 0.449 e. The standard InChI is InChI=1S/C36H52N6O8/c1-21(2)20-50-36(49)42-30(25-11-7-4-8-12-25)34(47)40-27(18-23-15-16-23)33(46)39-26(17-22-13-14-22)31(44)35(48)38-19-28(43)41-29(32(37)45)24-9-5-3-6-10-24/h3,5-6,9-10,21-23,25-27,29-30H,4,7-8,11-20H2,1-2H3,(H2,37,45)(H,38,48)(H,39,46)(H,40,47)(H,41,43)(H,42,49). The molecule has 0 radical (unpaired) electrons. The van der Waals surface area contributed by atoms with E-state index in [-0.39, 0.29) is 36.7 Å². The normalized spacial score (nSPS) is 18.5. The monoisotopic (exact) mass is 696 g/mol. The van der Waals surface area contributed by atoms with Crippen LogP contribution in [0, 0.1) is 23.7 Å². The number of primary amides is 1. The molecule has 3 saturated carbocycles. The number of ketones is 1. The first-order valence-corrected chi connectivity index (χ1v) is 17.9. The van der Waals surface area contributed by atoms with Crippen molar-refractivity contribution in [3.8, 4) is 0 Å². The predicted molar refractivity (Wildman–Crippen MR) is 183 cm³/mol. The summed E-state index contributed by atoms with van der Waals surface area (Å²) in [6.07, 6.45) is 7.81. The molecule has 4 atom stereocenters. The van der Waals surface area contributed by atoms with Crippen molar-refractivity contribution in [2.45, 2.75) is 109 Å². The van der Waals surface area contributed by atoms with Crippen LogP contribution in [0.5, 0.6) is 0 Å². The van der Waals surface area contributed by atoms with E-state index in [1.807, 2.05) is 13.8 Å². The topological polar surface area (TPSA) is 215 Å². The molecule has 274 valence electrons. The Balaban J connectivity index is 1.38. The van der Waals surface area contributed by atoms with Gasteiger partial charge in [0.15, 0.2) is 0 Å². The molecule has 4 rings (SSSR count). The van der Waals surface area contributed by atoms with Gasteiger partial charge in [-0.1, -0.05) is 89.1 Å². The van der Waals surface area contributed by atoms with E-state index in [9.17, 15) is 33.6 Å². The van der Waals surface area contributed by atoms with Crippen molar-refractivity contribution in [2.75, 3.05) is 13.2 Å². The van der Waals surface area contributed by atoms with E-state index in [4.69, 9.17) is 10.5 Å². The summed E-state index contributed by atoms with van der Waals surface area (Å²) in [5, 5.41) is 13.1. The Kier molecular flexibility index (Phi) is 14.2. The van der Waals surface area contributed by atoms with Crippen LogP contribution < -0.4 is 32.3 Å². The zero-order chi connectivity index (χ0) is 36.2. The number of amides is 6. The van der Waals surface area contributed by atoms with E-state index >= 15 is 0 Å². The zero-order valence-electron chi connectivity index (χ0n) is 29.0. The number of Topliss-reactive ketones (excluding diaryl/α,β-unsaturated/α-hetero) is 1. The molecule has 14 nitrogen and oxygen atoms in total. The summed E-state index contributed by atoms with van der Waals surface area (Å²) < 4.78 is 5.30. The van der Waals surface area contributed by atoms with Crippen LogP contribution >= 0.6 is 0 Å². The summed E-state index contributed by atoms with van der Waals surface area (Å²) in [6, 6.07) is 4.18. The van der Waals surface area contributed by atoms with Crippen molar-refractivity contribution in [3.63, 3.8) is 0 Å². The Morgan fingerprint density at radius 1 is 0.760 bits per heavy atom. The Morgan fingerprint density at radius 3 is 1.94 bits per heavy atom. The maximum absolute atomic E-state index is 13.7. The molecule has 6 amide bonds. The lowest BCUT2D eigenvalue weighted by Crippen LogP contribution is -2.58. The van der Waals surface area contributed by atoms with E-state index in [1.165, 1.54) is 0 Å². The number of nitrogens with one attached hydrogen (secondary N) is 5. The van der Waals surface area contributed by atoms with Crippen LogP contribution in [0.1, 0.15) is 96.1 Å². The molecule has 0 saturated heterocycles. The fourth-order valence-corrected chi connectivity index (χ4v) is 6.23. The minimum atomic E-state index is -1.17. The smallest absolute Gasteiger partial charge is 0.407 e. The molecule has 3 aliphatic carbocycles. The molecule has 1 aromatic carbocycles. The average Bonchev–Trinajstić information content (AvgIpc) is 4.04. The van der Waals surface area contributed by atoms with Gasteiger partial charge in [0.2, 0.25) is 29.4 Å². The minimum absolute atomic E-state index is 0.115. The minimum Gasteiger partial charge on any atom is -0.449 e. The number of benzene rings is 1. The number of nitrogens with two attached hydrogens (primary N) is 1.